The summed E-state index contributed by atoms with van der Waals surface area (Å²) in [4.78, 5) is 4.26. The number of pyridine rings is 1. The third kappa shape index (κ3) is 2.92. The fourth-order valence-electron chi connectivity index (χ4n) is 2.14. The third-order valence-electron chi connectivity index (χ3n) is 3.05. The van der Waals surface area contributed by atoms with Gasteiger partial charge in [0.1, 0.15) is 11.3 Å². The molecule has 0 saturated carbocycles. The lowest BCUT2D eigenvalue weighted by atomic mass is 10.1. The van der Waals surface area contributed by atoms with Crippen molar-refractivity contribution in [2.75, 3.05) is 11.9 Å². The van der Waals surface area contributed by atoms with E-state index in [1.165, 1.54) is 0 Å². The molecule has 1 heterocycles. The fourth-order valence-corrected chi connectivity index (χ4v) is 2.54. The van der Waals surface area contributed by atoms with Gasteiger partial charge in [-0.2, -0.15) is 0 Å². The van der Waals surface area contributed by atoms with Crippen LogP contribution in [-0.4, -0.2) is 11.5 Å². The standard InChI is InChI=1S/C15H17BrF2N2/c1-3-5-9-7-12(19-6-4-2)13-14(18)10(16)8-11(17)15(13)20-9/h7-8H,3-6H2,1-2H3,(H,19,20). The number of nitrogens with one attached hydrogen (secondary N) is 1. The Morgan fingerprint density at radius 3 is 2.60 bits per heavy atom. The second-order valence-corrected chi connectivity index (χ2v) is 5.57. The average Bonchev–Trinajstić information content (AvgIpc) is 2.42. The van der Waals surface area contributed by atoms with E-state index in [9.17, 15) is 8.78 Å². The van der Waals surface area contributed by atoms with Crippen molar-refractivity contribution in [2.45, 2.75) is 33.1 Å². The summed E-state index contributed by atoms with van der Waals surface area (Å²) >= 11 is 3.05. The molecular formula is C15H17BrF2N2. The Kier molecular flexibility index (Phi) is 4.91. The molecule has 2 nitrogen and oxygen atoms in total. The molecule has 2 aromatic rings. The molecule has 0 aliphatic carbocycles. The topological polar surface area (TPSA) is 24.9 Å². The number of benzene rings is 1. The summed E-state index contributed by atoms with van der Waals surface area (Å²) in [6.45, 7) is 4.76. The Bertz CT molecular complexity index is 629. The van der Waals surface area contributed by atoms with Gasteiger partial charge in [0.25, 0.3) is 0 Å². The van der Waals surface area contributed by atoms with E-state index in [-0.39, 0.29) is 15.4 Å². The van der Waals surface area contributed by atoms with Gasteiger partial charge in [-0.3, -0.25) is 0 Å². The molecule has 0 radical (unpaired) electrons. The summed E-state index contributed by atoms with van der Waals surface area (Å²) in [5, 5.41) is 3.38. The molecule has 20 heavy (non-hydrogen) atoms. The van der Waals surface area contributed by atoms with Gasteiger partial charge in [-0.15, -0.1) is 0 Å². The van der Waals surface area contributed by atoms with E-state index >= 15 is 0 Å². The van der Waals surface area contributed by atoms with Crippen LogP contribution in [0.25, 0.3) is 10.9 Å². The van der Waals surface area contributed by atoms with Crippen molar-refractivity contribution in [3.8, 4) is 0 Å². The molecule has 0 aliphatic heterocycles. The highest BCUT2D eigenvalue weighted by Gasteiger charge is 2.16. The molecule has 0 spiro atoms. The molecule has 5 heteroatoms. The first-order chi connectivity index (χ1) is 9.58. The van der Waals surface area contributed by atoms with Gasteiger partial charge in [0.2, 0.25) is 0 Å². The van der Waals surface area contributed by atoms with Crippen molar-refractivity contribution < 1.29 is 8.78 Å². The van der Waals surface area contributed by atoms with E-state index < -0.39 is 11.6 Å². The average molecular weight is 343 g/mol. The minimum Gasteiger partial charge on any atom is -0.384 e. The Labute approximate surface area is 125 Å². The molecule has 0 atom stereocenters. The van der Waals surface area contributed by atoms with Crippen LogP contribution < -0.4 is 5.32 Å². The second-order valence-electron chi connectivity index (χ2n) is 4.72. The van der Waals surface area contributed by atoms with E-state index in [2.05, 4.69) is 26.2 Å². The van der Waals surface area contributed by atoms with Crippen LogP contribution in [0.4, 0.5) is 14.5 Å². The molecule has 1 N–H and O–H groups in total. The van der Waals surface area contributed by atoms with Crippen LogP contribution in [0.2, 0.25) is 0 Å². The highest BCUT2D eigenvalue weighted by molar-refractivity contribution is 9.10. The summed E-state index contributed by atoms with van der Waals surface area (Å²) in [5.41, 5.74) is 1.48. The monoisotopic (exact) mass is 342 g/mol. The molecule has 0 bridgehead atoms. The van der Waals surface area contributed by atoms with Crippen molar-refractivity contribution in [1.82, 2.24) is 4.98 Å². The van der Waals surface area contributed by atoms with Crippen LogP contribution in [0.3, 0.4) is 0 Å². The van der Waals surface area contributed by atoms with Crippen LogP contribution in [0.1, 0.15) is 32.4 Å². The van der Waals surface area contributed by atoms with Crippen LogP contribution in [0.15, 0.2) is 16.6 Å². The molecular weight excluding hydrogens is 326 g/mol. The molecule has 0 saturated heterocycles. The van der Waals surface area contributed by atoms with Gasteiger partial charge >= 0.3 is 0 Å². The van der Waals surface area contributed by atoms with Crippen LogP contribution in [0, 0.1) is 11.6 Å². The van der Waals surface area contributed by atoms with Gasteiger partial charge in [-0.05, 0) is 40.9 Å². The van der Waals surface area contributed by atoms with E-state index in [1.54, 1.807) is 0 Å². The SMILES string of the molecule is CCCNc1cc(CCC)nc2c(F)cc(Br)c(F)c12. The predicted octanol–water partition coefficient (Wildman–Crippen LogP) is 5.05. The van der Waals surface area contributed by atoms with E-state index in [0.717, 1.165) is 31.0 Å². The molecule has 0 amide bonds. The zero-order chi connectivity index (χ0) is 14.7. The number of fused-ring (bicyclic) bond motifs is 1. The number of halogens is 3. The summed E-state index contributed by atoms with van der Waals surface area (Å²) in [6.07, 6.45) is 2.56. The van der Waals surface area contributed by atoms with Gasteiger partial charge in [0, 0.05) is 17.9 Å². The third-order valence-corrected chi connectivity index (χ3v) is 3.63. The Morgan fingerprint density at radius 1 is 1.20 bits per heavy atom. The number of nitrogens with zero attached hydrogens (tertiary/aromatic N) is 1. The first kappa shape index (κ1) is 15.2. The van der Waals surface area contributed by atoms with Crippen LogP contribution >= 0.6 is 15.9 Å². The van der Waals surface area contributed by atoms with Gasteiger partial charge in [0.15, 0.2) is 5.82 Å². The van der Waals surface area contributed by atoms with Crippen molar-refractivity contribution in [3.05, 3.63) is 33.9 Å². The zero-order valence-electron chi connectivity index (χ0n) is 11.6. The largest absolute Gasteiger partial charge is 0.384 e. The smallest absolute Gasteiger partial charge is 0.150 e. The number of hydrogen-bond acceptors (Lipinski definition) is 2. The number of aryl methyl sites for hydroxylation is 1. The van der Waals surface area contributed by atoms with Crippen molar-refractivity contribution in [3.63, 3.8) is 0 Å². The lowest BCUT2D eigenvalue weighted by Crippen LogP contribution is -2.05. The summed E-state index contributed by atoms with van der Waals surface area (Å²) in [5.74, 6) is -0.985. The molecule has 2 rings (SSSR count). The lowest BCUT2D eigenvalue weighted by Gasteiger charge is -2.13. The number of anilines is 1. The first-order valence-electron chi connectivity index (χ1n) is 6.79. The van der Waals surface area contributed by atoms with Gasteiger partial charge in [-0.1, -0.05) is 20.3 Å². The zero-order valence-corrected chi connectivity index (χ0v) is 13.2. The fraction of sp³-hybridized carbons (Fsp3) is 0.400. The number of hydrogen-bond donors (Lipinski definition) is 1. The second kappa shape index (κ2) is 6.48. The molecule has 0 unspecified atom stereocenters. The van der Waals surface area contributed by atoms with Crippen LogP contribution in [-0.2, 0) is 6.42 Å². The molecule has 1 aromatic carbocycles. The molecule has 1 aromatic heterocycles. The highest BCUT2D eigenvalue weighted by atomic mass is 79.9. The summed E-state index contributed by atoms with van der Waals surface area (Å²) in [6, 6.07) is 2.94. The van der Waals surface area contributed by atoms with E-state index in [0.29, 0.717) is 12.2 Å². The predicted molar refractivity (Wildman–Crippen MR) is 82.1 cm³/mol. The Hall–Kier alpha value is -1.23. The Morgan fingerprint density at radius 2 is 1.95 bits per heavy atom. The molecule has 0 aliphatic rings. The van der Waals surface area contributed by atoms with Gasteiger partial charge < -0.3 is 5.32 Å². The quantitative estimate of drug-likeness (QED) is 0.769. The highest BCUT2D eigenvalue weighted by Crippen LogP contribution is 2.32. The van der Waals surface area contributed by atoms with Crippen molar-refractivity contribution in [2.24, 2.45) is 0 Å². The Balaban J connectivity index is 2.70. The van der Waals surface area contributed by atoms with Gasteiger partial charge in [0.05, 0.1) is 9.86 Å². The maximum atomic E-state index is 14.3. The molecule has 0 fully saturated rings. The minimum atomic E-state index is -0.509. The van der Waals surface area contributed by atoms with Gasteiger partial charge in [-0.25, -0.2) is 13.8 Å². The summed E-state index contributed by atoms with van der Waals surface area (Å²) in [7, 11) is 0. The normalized spacial score (nSPS) is 11.1. The van der Waals surface area contributed by atoms with E-state index in [1.807, 2.05) is 19.9 Å². The van der Waals surface area contributed by atoms with Crippen molar-refractivity contribution >= 4 is 32.5 Å². The number of rotatable bonds is 5. The van der Waals surface area contributed by atoms with Crippen molar-refractivity contribution in [1.29, 1.82) is 0 Å². The van der Waals surface area contributed by atoms with E-state index in [4.69, 9.17) is 0 Å². The minimum absolute atomic E-state index is 0.0928. The van der Waals surface area contributed by atoms with Crippen LogP contribution in [0.5, 0.6) is 0 Å². The first-order valence-corrected chi connectivity index (χ1v) is 7.58. The molecule has 108 valence electrons. The lowest BCUT2D eigenvalue weighted by molar-refractivity contribution is 0.609. The maximum absolute atomic E-state index is 14.3. The number of aromatic nitrogens is 1. The maximum Gasteiger partial charge on any atom is 0.150 e. The summed E-state index contributed by atoms with van der Waals surface area (Å²) < 4.78 is 28.5.